The normalized spacial score (nSPS) is 10.6. The first-order valence-electron chi connectivity index (χ1n) is 5.68. The van der Waals surface area contributed by atoms with Crippen molar-refractivity contribution in [2.45, 2.75) is 0 Å². The van der Waals surface area contributed by atoms with E-state index in [1.165, 1.54) is 26.2 Å². The van der Waals surface area contributed by atoms with E-state index >= 15 is 0 Å². The molecule has 0 amide bonds. The summed E-state index contributed by atoms with van der Waals surface area (Å²) in [7, 11) is 2.82. The quantitative estimate of drug-likeness (QED) is 0.830. The third kappa shape index (κ3) is 2.43. The summed E-state index contributed by atoms with van der Waals surface area (Å²) < 4.78 is 3.03. The SMILES string of the molecule is Cn1c(=S)n(C)c(=O)n(-c2cc(C(=O)O)ccc2Cl)c1=O. The molecule has 0 radical (unpaired) electrons. The fourth-order valence-corrected chi connectivity index (χ4v) is 2.15. The Morgan fingerprint density at radius 3 is 2.19 bits per heavy atom. The van der Waals surface area contributed by atoms with Gasteiger partial charge in [0.05, 0.1) is 16.3 Å². The predicted molar refractivity (Wildman–Crippen MR) is 79.1 cm³/mol. The number of carboxylic acids is 1. The molecular weight excluding hydrogens is 318 g/mol. The topological polar surface area (TPSA) is 86.2 Å². The zero-order valence-corrected chi connectivity index (χ0v) is 12.6. The summed E-state index contributed by atoms with van der Waals surface area (Å²) in [5.74, 6) is -1.19. The minimum atomic E-state index is -1.19. The highest BCUT2D eigenvalue weighted by molar-refractivity contribution is 7.71. The van der Waals surface area contributed by atoms with Crippen molar-refractivity contribution in [3.05, 3.63) is 54.5 Å². The van der Waals surface area contributed by atoms with Gasteiger partial charge >= 0.3 is 17.3 Å². The van der Waals surface area contributed by atoms with E-state index in [1.54, 1.807) is 0 Å². The third-order valence-electron chi connectivity index (χ3n) is 2.96. The number of rotatable bonds is 2. The minimum absolute atomic E-state index is 0.00670. The Balaban J connectivity index is 2.96. The lowest BCUT2D eigenvalue weighted by Gasteiger charge is -2.12. The predicted octanol–water partition coefficient (Wildman–Crippen LogP) is 0.956. The Bertz CT molecular complexity index is 885. The van der Waals surface area contributed by atoms with Crippen molar-refractivity contribution >= 4 is 29.8 Å². The molecule has 0 fully saturated rings. The van der Waals surface area contributed by atoms with Crippen molar-refractivity contribution in [1.82, 2.24) is 13.7 Å². The average molecular weight is 328 g/mol. The number of halogens is 1. The van der Waals surface area contributed by atoms with Gasteiger partial charge in [0.2, 0.25) is 0 Å². The fourth-order valence-electron chi connectivity index (χ4n) is 1.79. The standard InChI is InChI=1S/C12H10ClN3O4S/c1-14-10(19)16(11(20)15(2)12(14)21)8-5-6(9(17)18)3-4-7(8)13/h3-5H,1-2H3,(H,17,18). The number of hydrogen-bond donors (Lipinski definition) is 1. The molecule has 1 aromatic carbocycles. The second-order valence-corrected chi connectivity index (χ2v) is 5.04. The summed E-state index contributed by atoms with van der Waals surface area (Å²) >= 11 is 11.0. The average Bonchev–Trinajstić information content (AvgIpc) is 2.45. The fraction of sp³-hybridized carbons (Fsp3) is 0.167. The number of nitrogens with zero attached hydrogens (tertiary/aromatic N) is 3. The van der Waals surface area contributed by atoms with Crippen LogP contribution >= 0.6 is 23.8 Å². The summed E-state index contributed by atoms with van der Waals surface area (Å²) in [5, 5.41) is 9.08. The minimum Gasteiger partial charge on any atom is -0.478 e. The van der Waals surface area contributed by atoms with Crippen molar-refractivity contribution in [2.24, 2.45) is 14.1 Å². The molecule has 0 spiro atoms. The molecule has 0 saturated carbocycles. The molecule has 21 heavy (non-hydrogen) atoms. The molecule has 110 valence electrons. The van der Waals surface area contributed by atoms with E-state index in [9.17, 15) is 14.4 Å². The molecular formula is C12H10ClN3O4S. The highest BCUT2D eigenvalue weighted by Crippen LogP contribution is 2.19. The molecule has 1 N–H and O–H groups in total. The Morgan fingerprint density at radius 1 is 1.19 bits per heavy atom. The Hall–Kier alpha value is -2.19. The largest absolute Gasteiger partial charge is 0.478 e. The van der Waals surface area contributed by atoms with E-state index in [2.05, 4.69) is 0 Å². The van der Waals surface area contributed by atoms with Crippen molar-refractivity contribution in [2.75, 3.05) is 0 Å². The van der Waals surface area contributed by atoms with Crippen molar-refractivity contribution in [1.29, 1.82) is 0 Å². The molecule has 9 heteroatoms. The molecule has 2 aromatic rings. The van der Waals surface area contributed by atoms with Crippen LogP contribution in [0.3, 0.4) is 0 Å². The number of aromatic carboxylic acids is 1. The smallest absolute Gasteiger partial charge is 0.338 e. The van der Waals surface area contributed by atoms with Crippen LogP contribution in [0.15, 0.2) is 27.8 Å². The highest BCUT2D eigenvalue weighted by atomic mass is 35.5. The maximum Gasteiger partial charge on any atom is 0.338 e. The van der Waals surface area contributed by atoms with Gasteiger partial charge < -0.3 is 5.11 Å². The summed E-state index contributed by atoms with van der Waals surface area (Å²) in [6.45, 7) is 0. The van der Waals surface area contributed by atoms with Crippen LogP contribution in [0.25, 0.3) is 5.69 Å². The van der Waals surface area contributed by atoms with E-state index in [-0.39, 0.29) is 21.0 Å². The van der Waals surface area contributed by atoms with Gasteiger partial charge in [-0.1, -0.05) is 11.6 Å². The molecule has 7 nitrogen and oxygen atoms in total. The van der Waals surface area contributed by atoms with Crippen LogP contribution in [0.2, 0.25) is 5.02 Å². The van der Waals surface area contributed by atoms with Gasteiger partial charge in [0, 0.05) is 14.1 Å². The lowest BCUT2D eigenvalue weighted by molar-refractivity contribution is 0.0697. The molecule has 2 rings (SSSR count). The van der Waals surface area contributed by atoms with E-state index in [1.807, 2.05) is 0 Å². The first-order chi connectivity index (χ1) is 9.75. The number of carbonyl (C=O) groups is 1. The lowest BCUT2D eigenvalue weighted by Crippen LogP contribution is -2.43. The van der Waals surface area contributed by atoms with Gasteiger partial charge in [0.15, 0.2) is 4.77 Å². The van der Waals surface area contributed by atoms with Crippen molar-refractivity contribution in [3.63, 3.8) is 0 Å². The molecule has 0 unspecified atom stereocenters. The summed E-state index contributed by atoms with van der Waals surface area (Å²) in [5.41, 5.74) is -1.50. The maximum atomic E-state index is 12.2. The number of benzene rings is 1. The first kappa shape index (κ1) is 15.2. The molecule has 1 aromatic heterocycles. The molecule has 0 aliphatic carbocycles. The molecule has 0 aliphatic rings. The molecule has 0 aliphatic heterocycles. The Labute approximate surface area is 128 Å². The van der Waals surface area contributed by atoms with Gasteiger partial charge in [-0.05, 0) is 30.4 Å². The zero-order chi connectivity index (χ0) is 15.9. The van der Waals surface area contributed by atoms with Crippen LogP contribution < -0.4 is 11.4 Å². The van der Waals surface area contributed by atoms with E-state index in [4.69, 9.17) is 28.9 Å². The molecule has 0 atom stereocenters. The highest BCUT2D eigenvalue weighted by Gasteiger charge is 2.15. The van der Waals surface area contributed by atoms with E-state index < -0.39 is 17.3 Å². The van der Waals surface area contributed by atoms with Crippen LogP contribution in [0.5, 0.6) is 0 Å². The van der Waals surface area contributed by atoms with E-state index in [0.717, 1.165) is 19.8 Å². The Morgan fingerprint density at radius 2 is 1.71 bits per heavy atom. The van der Waals surface area contributed by atoms with Gasteiger partial charge in [-0.25, -0.2) is 19.0 Å². The number of aromatic nitrogens is 3. The van der Waals surface area contributed by atoms with Crippen LogP contribution in [0.1, 0.15) is 10.4 Å². The van der Waals surface area contributed by atoms with Crippen LogP contribution in [-0.2, 0) is 14.1 Å². The van der Waals surface area contributed by atoms with Crippen LogP contribution in [0.4, 0.5) is 0 Å². The van der Waals surface area contributed by atoms with Crippen LogP contribution in [-0.4, -0.2) is 24.8 Å². The number of carboxylic acid groups (broad SMARTS) is 1. The van der Waals surface area contributed by atoms with Gasteiger partial charge in [-0.2, -0.15) is 0 Å². The molecule has 1 heterocycles. The second kappa shape index (κ2) is 5.30. The third-order valence-corrected chi connectivity index (χ3v) is 3.83. The lowest BCUT2D eigenvalue weighted by atomic mass is 10.2. The van der Waals surface area contributed by atoms with Gasteiger partial charge in [0.25, 0.3) is 0 Å². The molecule has 0 bridgehead atoms. The van der Waals surface area contributed by atoms with Gasteiger partial charge in [-0.15, -0.1) is 0 Å². The first-order valence-corrected chi connectivity index (χ1v) is 6.46. The van der Waals surface area contributed by atoms with Crippen molar-refractivity contribution in [3.8, 4) is 5.69 Å². The molecule has 0 saturated heterocycles. The number of hydrogen-bond acceptors (Lipinski definition) is 4. The Kier molecular flexibility index (Phi) is 3.84. The van der Waals surface area contributed by atoms with Crippen LogP contribution in [0, 0.1) is 4.77 Å². The van der Waals surface area contributed by atoms with Crippen molar-refractivity contribution < 1.29 is 9.90 Å². The summed E-state index contributed by atoms with van der Waals surface area (Å²) in [4.78, 5) is 35.5. The maximum absolute atomic E-state index is 12.2. The zero-order valence-electron chi connectivity index (χ0n) is 11.0. The summed E-state index contributed by atoms with van der Waals surface area (Å²) in [6.07, 6.45) is 0. The summed E-state index contributed by atoms with van der Waals surface area (Å²) in [6, 6.07) is 3.76. The van der Waals surface area contributed by atoms with E-state index in [0.29, 0.717) is 0 Å². The van der Waals surface area contributed by atoms with Gasteiger partial charge in [0.1, 0.15) is 0 Å². The second-order valence-electron chi connectivity index (χ2n) is 4.27. The monoisotopic (exact) mass is 327 g/mol. The van der Waals surface area contributed by atoms with Gasteiger partial charge in [-0.3, -0.25) is 9.13 Å².